The van der Waals surface area contributed by atoms with Gasteiger partial charge in [-0.3, -0.25) is 4.55 Å². The Morgan fingerprint density at radius 2 is 1.61 bits per heavy atom. The lowest BCUT2D eigenvalue weighted by molar-refractivity contribution is -0.870. The Morgan fingerprint density at radius 1 is 1.28 bits per heavy atom. The highest BCUT2D eigenvalue weighted by Gasteiger charge is 2.28. The minimum absolute atomic E-state index is 0.136. The van der Waals surface area contributed by atoms with Gasteiger partial charge in [0.15, 0.2) is 0 Å². The van der Waals surface area contributed by atoms with Crippen LogP contribution in [0.15, 0.2) is 0 Å². The van der Waals surface area contributed by atoms with Gasteiger partial charge in [0.2, 0.25) is 0 Å². The molecule has 0 aromatic rings. The van der Waals surface area contributed by atoms with Crippen molar-refractivity contribution in [2.24, 2.45) is 0 Å². The van der Waals surface area contributed by atoms with Crippen molar-refractivity contribution in [2.45, 2.75) is 12.6 Å². The molecule has 0 rings (SSSR count). The summed E-state index contributed by atoms with van der Waals surface area (Å²) >= 11 is 0. The lowest BCUT2D eigenvalue weighted by atomic mass is 10.4. The van der Waals surface area contributed by atoms with E-state index in [0.717, 1.165) is 11.0 Å². The van der Waals surface area contributed by atoms with Crippen molar-refractivity contribution < 1.29 is 40.5 Å². The third-order valence-electron chi connectivity index (χ3n) is 1.46. The minimum atomic E-state index is -5.19. The van der Waals surface area contributed by atoms with Crippen LogP contribution in [-0.4, -0.2) is 63.0 Å². The monoisotopic (exact) mass is 295 g/mol. The van der Waals surface area contributed by atoms with E-state index in [1.807, 2.05) is 21.1 Å². The predicted molar refractivity (Wildman–Crippen MR) is 55.0 cm³/mol. The Hall–Kier alpha value is -0.870. The Labute approximate surface area is 103 Å². The summed E-state index contributed by atoms with van der Waals surface area (Å²) in [5, 5.41) is 8.78. The molecule has 0 radical (unpaired) electrons. The maximum absolute atomic E-state index is 10.5. The van der Waals surface area contributed by atoms with E-state index in [9.17, 15) is 21.6 Å². The zero-order chi connectivity index (χ0) is 15.2. The van der Waals surface area contributed by atoms with E-state index in [0.29, 0.717) is 6.42 Å². The normalized spacial score (nSPS) is 12.6. The second-order valence-corrected chi connectivity index (χ2v) is 6.01. The molecule has 1 N–H and O–H groups in total. The first kappa shape index (κ1) is 19.5. The molecule has 0 saturated heterocycles. The zero-order valence-corrected chi connectivity index (χ0v) is 11.0. The predicted octanol–water partition coefficient (Wildman–Crippen LogP) is -0.731. The number of alkyl halides is 3. The van der Waals surface area contributed by atoms with Crippen molar-refractivity contribution in [3.63, 3.8) is 0 Å². The van der Waals surface area contributed by atoms with E-state index in [4.69, 9.17) is 14.5 Å². The molecule has 0 aliphatic carbocycles. The van der Waals surface area contributed by atoms with E-state index in [-0.39, 0.29) is 5.75 Å². The topological polar surface area (TPSA) is 94.5 Å². The number of quaternary nitrogens is 1. The third-order valence-corrected chi connectivity index (χ3v) is 2.27. The number of nitrogens with zero attached hydrogens (tertiary/aromatic N) is 1. The van der Waals surface area contributed by atoms with E-state index < -0.39 is 22.3 Å². The summed E-state index contributed by atoms with van der Waals surface area (Å²) in [5.41, 5.74) is 0. The Balaban J connectivity index is 0. The molecule has 0 atom stereocenters. The number of carboxylic acids is 1. The van der Waals surface area contributed by atoms with Crippen LogP contribution in [-0.2, 0) is 14.9 Å². The van der Waals surface area contributed by atoms with Gasteiger partial charge in [-0.2, -0.15) is 21.6 Å². The first-order valence-corrected chi connectivity index (χ1v) is 6.30. The van der Waals surface area contributed by atoms with Gasteiger partial charge in [0.25, 0.3) is 10.1 Å². The van der Waals surface area contributed by atoms with Crippen molar-refractivity contribution in [2.75, 3.05) is 33.4 Å². The molecule has 0 amide bonds. The van der Waals surface area contributed by atoms with Crippen molar-refractivity contribution in [1.82, 2.24) is 0 Å². The van der Waals surface area contributed by atoms with Crippen molar-refractivity contribution in [3.05, 3.63) is 0 Å². The van der Waals surface area contributed by atoms with Gasteiger partial charge in [-0.1, -0.05) is 0 Å². The van der Waals surface area contributed by atoms with Gasteiger partial charge >= 0.3 is 6.18 Å². The van der Waals surface area contributed by atoms with Gasteiger partial charge in [0.1, 0.15) is 5.97 Å². The molecule has 0 aliphatic heterocycles. The fourth-order valence-electron chi connectivity index (χ4n) is 0.721. The Morgan fingerprint density at radius 3 is 1.78 bits per heavy atom. The van der Waals surface area contributed by atoms with Crippen LogP contribution in [0, 0.1) is 0 Å². The maximum atomic E-state index is 10.5. The summed E-state index contributed by atoms with van der Waals surface area (Å²) < 4.78 is 61.2. The Bertz CT molecular complexity index is 358. The van der Waals surface area contributed by atoms with Crippen LogP contribution in [0.2, 0.25) is 0 Å². The van der Waals surface area contributed by atoms with E-state index in [1.54, 1.807) is 0 Å². The lowest BCUT2D eigenvalue weighted by Crippen LogP contribution is -2.37. The van der Waals surface area contributed by atoms with Crippen LogP contribution < -0.4 is 5.11 Å². The molecule has 10 heteroatoms. The fourth-order valence-corrected chi connectivity index (χ4v) is 1.22. The number of hydrogen-bond acceptors (Lipinski definition) is 4. The number of rotatable bonds is 4. The van der Waals surface area contributed by atoms with Crippen LogP contribution in [0.1, 0.15) is 6.42 Å². The average molecular weight is 295 g/mol. The van der Waals surface area contributed by atoms with Gasteiger partial charge < -0.3 is 14.4 Å². The number of halogens is 3. The molecular formula is C8H16F3NO5S. The standard InChI is InChI=1S/C6H15NO3S.C2HF3O2/c1-7(2,3)5-4-6-11(8,9)10;3-2(4,5)1(6)7/h4-6H2,1-3H3;(H,6,7). The summed E-state index contributed by atoms with van der Waals surface area (Å²) in [6.45, 7) is 0.750. The molecule has 18 heavy (non-hydrogen) atoms. The molecular weight excluding hydrogens is 279 g/mol. The summed E-state index contributed by atoms with van der Waals surface area (Å²) in [7, 11) is 2.17. The molecule has 6 nitrogen and oxygen atoms in total. The molecule has 0 saturated carbocycles. The average Bonchev–Trinajstić information content (AvgIpc) is 1.97. The highest BCUT2D eigenvalue weighted by atomic mass is 32.2. The molecule has 0 heterocycles. The van der Waals surface area contributed by atoms with Crippen LogP contribution >= 0.6 is 0 Å². The summed E-state index contributed by atoms with van der Waals surface area (Å²) in [4.78, 5) is 8.78. The van der Waals surface area contributed by atoms with E-state index in [1.165, 1.54) is 0 Å². The highest BCUT2D eigenvalue weighted by Crippen LogP contribution is 2.11. The van der Waals surface area contributed by atoms with Gasteiger partial charge in [-0.25, -0.2) is 0 Å². The number of carboxylic acid groups (broad SMARTS) is 1. The minimum Gasteiger partial charge on any atom is -0.542 e. The molecule has 0 aromatic heterocycles. The number of carbonyl (C=O) groups excluding carboxylic acids is 1. The summed E-state index contributed by atoms with van der Waals surface area (Å²) in [5.74, 6) is -3.14. The number of carbonyl (C=O) groups is 1. The molecule has 0 spiro atoms. The van der Waals surface area contributed by atoms with Crippen LogP contribution in [0.5, 0.6) is 0 Å². The van der Waals surface area contributed by atoms with Crippen molar-refractivity contribution >= 4 is 16.1 Å². The van der Waals surface area contributed by atoms with Crippen LogP contribution in [0.25, 0.3) is 0 Å². The van der Waals surface area contributed by atoms with Gasteiger partial charge in [0.05, 0.1) is 33.4 Å². The SMILES string of the molecule is C[N+](C)(C)CCCS(=O)(=O)O.O=C([O-])C(F)(F)F. The Kier molecular flexibility index (Phi) is 7.47. The molecule has 0 aliphatic rings. The van der Waals surface area contributed by atoms with Crippen molar-refractivity contribution in [1.29, 1.82) is 0 Å². The van der Waals surface area contributed by atoms with Gasteiger partial charge in [-0.15, -0.1) is 0 Å². The third kappa shape index (κ3) is 17.5. The molecule has 0 bridgehead atoms. The van der Waals surface area contributed by atoms with E-state index >= 15 is 0 Å². The van der Waals surface area contributed by atoms with Crippen LogP contribution in [0.3, 0.4) is 0 Å². The van der Waals surface area contributed by atoms with Crippen LogP contribution in [0.4, 0.5) is 13.2 Å². The van der Waals surface area contributed by atoms with Gasteiger partial charge in [0, 0.05) is 6.42 Å². The maximum Gasteiger partial charge on any atom is 0.430 e. The van der Waals surface area contributed by atoms with E-state index in [2.05, 4.69) is 0 Å². The fraction of sp³-hybridized carbons (Fsp3) is 0.875. The summed E-state index contributed by atoms with van der Waals surface area (Å²) in [6.07, 6.45) is -4.69. The quantitative estimate of drug-likeness (QED) is 0.545. The molecule has 0 fully saturated rings. The first-order valence-electron chi connectivity index (χ1n) is 4.69. The molecule has 0 aromatic carbocycles. The highest BCUT2D eigenvalue weighted by molar-refractivity contribution is 7.85. The first-order chi connectivity index (χ1) is 7.65. The molecule has 0 unspecified atom stereocenters. The second kappa shape index (κ2) is 6.90. The number of aliphatic carboxylic acids is 1. The van der Waals surface area contributed by atoms with Gasteiger partial charge in [-0.05, 0) is 0 Å². The zero-order valence-electron chi connectivity index (χ0n) is 10.2. The lowest BCUT2D eigenvalue weighted by Gasteiger charge is -2.23. The van der Waals surface area contributed by atoms with Crippen molar-refractivity contribution in [3.8, 4) is 0 Å². The number of hydrogen-bond donors (Lipinski definition) is 1. The smallest absolute Gasteiger partial charge is 0.430 e. The summed E-state index contributed by atoms with van der Waals surface area (Å²) in [6, 6.07) is 0. The largest absolute Gasteiger partial charge is 0.542 e. The molecule has 110 valence electrons. The second-order valence-electron chi connectivity index (χ2n) is 4.44.